The summed E-state index contributed by atoms with van der Waals surface area (Å²) in [7, 11) is 0. The lowest BCUT2D eigenvalue weighted by molar-refractivity contribution is -0.140. The van der Waals surface area contributed by atoms with Crippen LogP contribution in [0.4, 0.5) is 0 Å². The third kappa shape index (κ3) is 2.62. The molecule has 2 aliphatic carbocycles. The Morgan fingerprint density at radius 3 is 2.42 bits per heavy atom. The molecule has 0 bridgehead atoms. The van der Waals surface area contributed by atoms with Gasteiger partial charge in [-0.05, 0) is 31.2 Å². The molecule has 0 heterocycles. The fraction of sp³-hybridized carbons (Fsp3) is 0.467. The van der Waals surface area contributed by atoms with E-state index in [0.29, 0.717) is 6.42 Å². The highest BCUT2D eigenvalue weighted by Crippen LogP contribution is 2.43. The number of rotatable bonds is 5. The van der Waals surface area contributed by atoms with E-state index in [9.17, 15) is 9.59 Å². The Balaban J connectivity index is 1.58. The summed E-state index contributed by atoms with van der Waals surface area (Å²) in [4.78, 5) is 22.8. The standard InChI is InChI=1S/C15H17NO3/c17-13(11-8-12(11)14(18)19)16-15(6-7-15)9-10-4-2-1-3-5-10/h1-5,11-12H,6-9H2,(H,16,17)(H,18,19). The van der Waals surface area contributed by atoms with Gasteiger partial charge in [-0.3, -0.25) is 9.59 Å². The molecule has 100 valence electrons. The molecule has 1 amide bonds. The number of nitrogens with one attached hydrogen (secondary N) is 1. The van der Waals surface area contributed by atoms with Crippen molar-refractivity contribution < 1.29 is 14.7 Å². The van der Waals surface area contributed by atoms with Crippen LogP contribution in [0.5, 0.6) is 0 Å². The molecule has 0 aliphatic heterocycles. The average Bonchev–Trinajstić information content (AvgIpc) is 3.24. The molecule has 2 unspecified atom stereocenters. The smallest absolute Gasteiger partial charge is 0.307 e. The summed E-state index contributed by atoms with van der Waals surface area (Å²) in [5.74, 6) is -1.72. The molecule has 2 aliphatic rings. The van der Waals surface area contributed by atoms with Crippen molar-refractivity contribution in [1.82, 2.24) is 5.32 Å². The van der Waals surface area contributed by atoms with Crippen LogP contribution in [0, 0.1) is 11.8 Å². The van der Waals surface area contributed by atoms with Crippen LogP contribution in [0.2, 0.25) is 0 Å². The second-order valence-electron chi connectivity index (χ2n) is 5.72. The molecule has 0 saturated heterocycles. The molecule has 1 aromatic rings. The van der Waals surface area contributed by atoms with Gasteiger partial charge in [-0.2, -0.15) is 0 Å². The van der Waals surface area contributed by atoms with Gasteiger partial charge in [0.25, 0.3) is 0 Å². The number of carboxylic acids is 1. The molecular formula is C15H17NO3. The topological polar surface area (TPSA) is 66.4 Å². The molecule has 4 heteroatoms. The first-order valence-corrected chi connectivity index (χ1v) is 6.68. The molecule has 1 aromatic carbocycles. The largest absolute Gasteiger partial charge is 0.481 e. The molecule has 2 saturated carbocycles. The molecule has 0 radical (unpaired) electrons. The van der Waals surface area contributed by atoms with Gasteiger partial charge < -0.3 is 10.4 Å². The number of carbonyl (C=O) groups is 2. The molecule has 0 aromatic heterocycles. The van der Waals surface area contributed by atoms with Crippen LogP contribution < -0.4 is 5.32 Å². The lowest BCUT2D eigenvalue weighted by atomic mass is 10.0. The van der Waals surface area contributed by atoms with Crippen molar-refractivity contribution in [3.63, 3.8) is 0 Å². The van der Waals surface area contributed by atoms with Crippen LogP contribution in [-0.2, 0) is 16.0 Å². The highest BCUT2D eigenvalue weighted by atomic mass is 16.4. The van der Waals surface area contributed by atoms with E-state index in [-0.39, 0.29) is 17.4 Å². The summed E-state index contributed by atoms with van der Waals surface area (Å²) in [5, 5.41) is 11.9. The van der Waals surface area contributed by atoms with E-state index in [1.165, 1.54) is 5.56 Å². The van der Waals surface area contributed by atoms with Gasteiger partial charge in [0.15, 0.2) is 0 Å². The Morgan fingerprint density at radius 1 is 1.21 bits per heavy atom. The van der Waals surface area contributed by atoms with Gasteiger partial charge in [0.1, 0.15) is 0 Å². The maximum atomic E-state index is 12.0. The number of aliphatic carboxylic acids is 1. The van der Waals surface area contributed by atoms with Crippen molar-refractivity contribution in [1.29, 1.82) is 0 Å². The number of carbonyl (C=O) groups excluding carboxylic acids is 1. The quantitative estimate of drug-likeness (QED) is 0.844. The van der Waals surface area contributed by atoms with Crippen molar-refractivity contribution in [3.8, 4) is 0 Å². The van der Waals surface area contributed by atoms with E-state index < -0.39 is 11.9 Å². The normalized spacial score (nSPS) is 26.5. The Labute approximate surface area is 111 Å². The summed E-state index contributed by atoms with van der Waals surface area (Å²) in [6.07, 6.45) is 3.29. The van der Waals surface area contributed by atoms with E-state index in [0.717, 1.165) is 19.3 Å². The molecule has 2 N–H and O–H groups in total. The van der Waals surface area contributed by atoms with Gasteiger partial charge in [0.05, 0.1) is 11.8 Å². The fourth-order valence-corrected chi connectivity index (χ4v) is 2.60. The molecule has 3 rings (SSSR count). The maximum Gasteiger partial charge on any atom is 0.307 e. The third-order valence-electron chi connectivity index (χ3n) is 4.07. The van der Waals surface area contributed by atoms with Crippen molar-refractivity contribution in [2.75, 3.05) is 0 Å². The lowest BCUT2D eigenvalue weighted by Gasteiger charge is -2.17. The predicted octanol–water partition coefficient (Wildman–Crippen LogP) is 1.60. The first-order chi connectivity index (χ1) is 9.10. The van der Waals surface area contributed by atoms with Crippen LogP contribution in [0.3, 0.4) is 0 Å². The van der Waals surface area contributed by atoms with Gasteiger partial charge in [-0.1, -0.05) is 30.3 Å². The Bertz CT molecular complexity index is 507. The van der Waals surface area contributed by atoms with Crippen LogP contribution >= 0.6 is 0 Å². The number of carboxylic acid groups (broad SMARTS) is 1. The minimum absolute atomic E-state index is 0.0826. The monoisotopic (exact) mass is 259 g/mol. The van der Waals surface area contributed by atoms with Gasteiger partial charge in [-0.25, -0.2) is 0 Å². The zero-order valence-corrected chi connectivity index (χ0v) is 10.6. The third-order valence-corrected chi connectivity index (χ3v) is 4.07. The second kappa shape index (κ2) is 4.37. The van der Waals surface area contributed by atoms with Crippen molar-refractivity contribution in [3.05, 3.63) is 35.9 Å². The van der Waals surface area contributed by atoms with Gasteiger partial charge in [0, 0.05) is 5.54 Å². The number of benzene rings is 1. The molecule has 19 heavy (non-hydrogen) atoms. The van der Waals surface area contributed by atoms with Gasteiger partial charge in [-0.15, -0.1) is 0 Å². The highest BCUT2D eigenvalue weighted by Gasteiger charge is 2.52. The Kier molecular flexibility index (Phi) is 2.81. The first-order valence-electron chi connectivity index (χ1n) is 6.68. The van der Waals surface area contributed by atoms with E-state index in [1.54, 1.807) is 0 Å². The summed E-state index contributed by atoms with van der Waals surface area (Å²) in [6.45, 7) is 0. The zero-order valence-electron chi connectivity index (χ0n) is 10.6. The van der Waals surface area contributed by atoms with Gasteiger partial charge in [0.2, 0.25) is 5.91 Å². The summed E-state index contributed by atoms with van der Waals surface area (Å²) >= 11 is 0. The molecular weight excluding hydrogens is 242 g/mol. The van der Waals surface area contributed by atoms with E-state index in [1.807, 2.05) is 18.2 Å². The van der Waals surface area contributed by atoms with Crippen molar-refractivity contribution in [2.45, 2.75) is 31.2 Å². The van der Waals surface area contributed by atoms with Crippen LogP contribution in [0.25, 0.3) is 0 Å². The minimum atomic E-state index is -0.854. The second-order valence-corrected chi connectivity index (χ2v) is 5.72. The number of amides is 1. The predicted molar refractivity (Wildman–Crippen MR) is 69.5 cm³/mol. The van der Waals surface area contributed by atoms with E-state index >= 15 is 0 Å². The highest BCUT2D eigenvalue weighted by molar-refractivity contribution is 5.90. The molecule has 0 spiro atoms. The van der Waals surface area contributed by atoms with E-state index in [2.05, 4.69) is 17.4 Å². The lowest BCUT2D eigenvalue weighted by Crippen LogP contribution is -2.40. The van der Waals surface area contributed by atoms with Crippen LogP contribution in [0.1, 0.15) is 24.8 Å². The average molecular weight is 259 g/mol. The van der Waals surface area contributed by atoms with Crippen molar-refractivity contribution in [2.24, 2.45) is 11.8 Å². The molecule has 2 atom stereocenters. The fourth-order valence-electron chi connectivity index (χ4n) is 2.60. The van der Waals surface area contributed by atoms with Crippen molar-refractivity contribution >= 4 is 11.9 Å². The Hall–Kier alpha value is -1.84. The van der Waals surface area contributed by atoms with Crippen LogP contribution in [-0.4, -0.2) is 22.5 Å². The summed E-state index contributed by atoms with van der Waals surface area (Å²) in [6, 6.07) is 10.1. The van der Waals surface area contributed by atoms with E-state index in [4.69, 9.17) is 5.11 Å². The number of hydrogen-bond donors (Lipinski definition) is 2. The minimum Gasteiger partial charge on any atom is -0.481 e. The zero-order chi connectivity index (χ0) is 13.5. The maximum absolute atomic E-state index is 12.0. The summed E-state index contributed by atoms with van der Waals surface area (Å²) < 4.78 is 0. The molecule has 2 fully saturated rings. The van der Waals surface area contributed by atoms with Gasteiger partial charge >= 0.3 is 5.97 Å². The number of hydrogen-bond acceptors (Lipinski definition) is 2. The Morgan fingerprint density at radius 2 is 1.89 bits per heavy atom. The molecule has 4 nitrogen and oxygen atoms in total. The first kappa shape index (κ1) is 12.2. The SMILES string of the molecule is O=C(O)C1CC1C(=O)NC1(Cc2ccccc2)CC1. The summed E-state index contributed by atoms with van der Waals surface area (Å²) in [5.41, 5.74) is 1.09. The van der Waals surface area contributed by atoms with Crippen LogP contribution in [0.15, 0.2) is 30.3 Å².